The van der Waals surface area contributed by atoms with Crippen LogP contribution in [0.1, 0.15) is 22.3 Å². The zero-order chi connectivity index (χ0) is 13.8. The Labute approximate surface area is 114 Å². The van der Waals surface area contributed by atoms with E-state index in [1.54, 1.807) is 0 Å². The van der Waals surface area contributed by atoms with E-state index in [0.717, 1.165) is 27.9 Å². The zero-order valence-corrected chi connectivity index (χ0v) is 11.7. The summed E-state index contributed by atoms with van der Waals surface area (Å²) in [6.45, 7) is 6.05. The predicted molar refractivity (Wildman–Crippen MR) is 79.4 cm³/mol. The summed E-state index contributed by atoms with van der Waals surface area (Å²) in [5.74, 6) is 0.0340. The van der Waals surface area contributed by atoms with E-state index in [4.69, 9.17) is 0 Å². The van der Waals surface area contributed by atoms with Gasteiger partial charge in [0.05, 0.1) is 6.42 Å². The maximum Gasteiger partial charge on any atom is 0.228 e. The molecule has 2 nitrogen and oxygen atoms in total. The molecule has 2 aromatic rings. The quantitative estimate of drug-likeness (QED) is 0.885. The summed E-state index contributed by atoms with van der Waals surface area (Å²) in [7, 11) is 0. The molecule has 2 rings (SSSR count). The van der Waals surface area contributed by atoms with Crippen LogP contribution < -0.4 is 5.32 Å². The highest BCUT2D eigenvalue weighted by molar-refractivity contribution is 5.93. The van der Waals surface area contributed by atoms with E-state index < -0.39 is 0 Å². The molecule has 0 aliphatic rings. The average molecular weight is 253 g/mol. The van der Waals surface area contributed by atoms with Crippen LogP contribution in [0.4, 0.5) is 5.69 Å². The molecule has 2 heteroatoms. The Bertz CT molecular complexity index is 582. The number of hydrogen-bond acceptors (Lipinski definition) is 1. The van der Waals surface area contributed by atoms with E-state index in [-0.39, 0.29) is 5.91 Å². The van der Waals surface area contributed by atoms with Crippen molar-refractivity contribution in [2.45, 2.75) is 27.2 Å². The largest absolute Gasteiger partial charge is 0.325 e. The van der Waals surface area contributed by atoms with Gasteiger partial charge in [0.25, 0.3) is 0 Å². The molecule has 98 valence electrons. The third-order valence-corrected chi connectivity index (χ3v) is 3.36. The minimum absolute atomic E-state index is 0.0340. The van der Waals surface area contributed by atoms with Gasteiger partial charge in [0.15, 0.2) is 0 Å². The number of carbonyl (C=O) groups excluding carboxylic acids is 1. The first-order valence-electron chi connectivity index (χ1n) is 6.48. The summed E-state index contributed by atoms with van der Waals surface area (Å²) >= 11 is 0. The highest BCUT2D eigenvalue weighted by atomic mass is 16.1. The van der Waals surface area contributed by atoms with Gasteiger partial charge < -0.3 is 5.32 Å². The fourth-order valence-corrected chi connectivity index (χ4v) is 2.18. The number of hydrogen-bond donors (Lipinski definition) is 1. The molecule has 19 heavy (non-hydrogen) atoms. The summed E-state index contributed by atoms with van der Waals surface area (Å²) in [6, 6.07) is 14.0. The van der Waals surface area contributed by atoms with Crippen LogP contribution in [0.2, 0.25) is 0 Å². The molecule has 0 unspecified atom stereocenters. The lowest BCUT2D eigenvalue weighted by molar-refractivity contribution is -0.115. The standard InChI is InChI=1S/C17H19NO/c1-12-7-4-5-10-15(12)11-16(19)18-17-13(2)8-6-9-14(17)3/h4-10H,11H2,1-3H3,(H,18,19). The van der Waals surface area contributed by atoms with Crippen molar-refractivity contribution < 1.29 is 4.79 Å². The van der Waals surface area contributed by atoms with Gasteiger partial charge in [-0.1, -0.05) is 42.5 Å². The van der Waals surface area contributed by atoms with E-state index in [1.165, 1.54) is 0 Å². The normalized spacial score (nSPS) is 10.3. The minimum Gasteiger partial charge on any atom is -0.325 e. The minimum atomic E-state index is 0.0340. The average Bonchev–Trinajstić information content (AvgIpc) is 2.37. The lowest BCUT2D eigenvalue weighted by atomic mass is 10.0. The first kappa shape index (κ1) is 13.3. The van der Waals surface area contributed by atoms with Crippen LogP contribution in [0.3, 0.4) is 0 Å². The number of rotatable bonds is 3. The number of para-hydroxylation sites is 1. The highest BCUT2D eigenvalue weighted by Crippen LogP contribution is 2.20. The molecule has 0 atom stereocenters. The summed E-state index contributed by atoms with van der Waals surface area (Å²) in [6.07, 6.45) is 0.417. The molecule has 0 radical (unpaired) electrons. The van der Waals surface area contributed by atoms with Crippen molar-refractivity contribution in [3.8, 4) is 0 Å². The number of carbonyl (C=O) groups is 1. The highest BCUT2D eigenvalue weighted by Gasteiger charge is 2.09. The van der Waals surface area contributed by atoms with Crippen molar-refractivity contribution in [2.24, 2.45) is 0 Å². The van der Waals surface area contributed by atoms with Crippen molar-refractivity contribution in [1.82, 2.24) is 0 Å². The van der Waals surface area contributed by atoms with Gasteiger partial charge in [-0.2, -0.15) is 0 Å². The second-order valence-electron chi connectivity index (χ2n) is 4.92. The van der Waals surface area contributed by atoms with Crippen LogP contribution in [0, 0.1) is 20.8 Å². The number of aryl methyl sites for hydroxylation is 3. The van der Waals surface area contributed by atoms with Crippen molar-refractivity contribution in [3.63, 3.8) is 0 Å². The van der Waals surface area contributed by atoms with Crippen LogP contribution in [-0.2, 0) is 11.2 Å². The Morgan fingerprint density at radius 3 is 2.11 bits per heavy atom. The lowest BCUT2D eigenvalue weighted by Crippen LogP contribution is -2.16. The van der Waals surface area contributed by atoms with Crippen LogP contribution in [-0.4, -0.2) is 5.91 Å². The van der Waals surface area contributed by atoms with E-state index in [1.807, 2.05) is 63.2 Å². The van der Waals surface area contributed by atoms with Crippen molar-refractivity contribution in [1.29, 1.82) is 0 Å². The number of anilines is 1. The van der Waals surface area contributed by atoms with Crippen molar-refractivity contribution in [2.75, 3.05) is 5.32 Å². The fourth-order valence-electron chi connectivity index (χ4n) is 2.18. The monoisotopic (exact) mass is 253 g/mol. The number of nitrogens with one attached hydrogen (secondary N) is 1. The SMILES string of the molecule is Cc1ccccc1CC(=O)Nc1c(C)cccc1C. The Morgan fingerprint density at radius 2 is 1.47 bits per heavy atom. The third kappa shape index (κ3) is 3.22. The van der Waals surface area contributed by atoms with Gasteiger partial charge in [-0.05, 0) is 43.0 Å². The molecule has 0 aromatic heterocycles. The van der Waals surface area contributed by atoms with Gasteiger partial charge in [-0.15, -0.1) is 0 Å². The van der Waals surface area contributed by atoms with Gasteiger partial charge in [0.1, 0.15) is 0 Å². The van der Waals surface area contributed by atoms with Crippen molar-refractivity contribution >= 4 is 11.6 Å². The van der Waals surface area contributed by atoms with Crippen LogP contribution in [0.5, 0.6) is 0 Å². The lowest BCUT2D eigenvalue weighted by Gasteiger charge is -2.12. The van der Waals surface area contributed by atoms with E-state index in [2.05, 4.69) is 5.32 Å². The maximum absolute atomic E-state index is 12.1. The molecule has 0 aliphatic heterocycles. The molecule has 0 saturated heterocycles. The van der Waals surface area contributed by atoms with E-state index in [0.29, 0.717) is 6.42 Å². The first-order valence-corrected chi connectivity index (χ1v) is 6.48. The molecule has 2 aromatic carbocycles. The smallest absolute Gasteiger partial charge is 0.228 e. The topological polar surface area (TPSA) is 29.1 Å². The molecule has 0 saturated carbocycles. The van der Waals surface area contributed by atoms with E-state index >= 15 is 0 Å². The summed E-state index contributed by atoms with van der Waals surface area (Å²) in [5, 5.41) is 3.02. The van der Waals surface area contributed by atoms with Crippen molar-refractivity contribution in [3.05, 3.63) is 64.7 Å². The molecule has 0 bridgehead atoms. The summed E-state index contributed by atoms with van der Waals surface area (Å²) < 4.78 is 0. The van der Waals surface area contributed by atoms with Crippen LogP contribution >= 0.6 is 0 Å². The van der Waals surface area contributed by atoms with Gasteiger partial charge >= 0.3 is 0 Å². The Balaban J connectivity index is 2.12. The molecule has 1 N–H and O–H groups in total. The van der Waals surface area contributed by atoms with Gasteiger partial charge in [-0.3, -0.25) is 4.79 Å². The first-order chi connectivity index (χ1) is 9.08. The Kier molecular flexibility index (Phi) is 4.00. The second kappa shape index (κ2) is 5.70. The van der Waals surface area contributed by atoms with E-state index in [9.17, 15) is 4.79 Å². The van der Waals surface area contributed by atoms with Crippen LogP contribution in [0.15, 0.2) is 42.5 Å². The summed E-state index contributed by atoms with van der Waals surface area (Å²) in [5.41, 5.74) is 5.35. The number of benzene rings is 2. The third-order valence-electron chi connectivity index (χ3n) is 3.36. The predicted octanol–water partition coefficient (Wildman–Crippen LogP) is 3.79. The van der Waals surface area contributed by atoms with Gasteiger partial charge in [0, 0.05) is 5.69 Å². The zero-order valence-electron chi connectivity index (χ0n) is 11.7. The Morgan fingerprint density at radius 1 is 0.895 bits per heavy atom. The van der Waals surface area contributed by atoms with Gasteiger partial charge in [-0.25, -0.2) is 0 Å². The van der Waals surface area contributed by atoms with Gasteiger partial charge in [0.2, 0.25) is 5.91 Å². The maximum atomic E-state index is 12.1. The van der Waals surface area contributed by atoms with Crippen LogP contribution in [0.25, 0.3) is 0 Å². The molecule has 0 fully saturated rings. The fraction of sp³-hybridized carbons (Fsp3) is 0.235. The molecular formula is C17H19NO. The molecule has 0 aliphatic carbocycles. The summed E-state index contributed by atoms with van der Waals surface area (Å²) in [4.78, 5) is 12.1. The molecule has 0 heterocycles. The molecule has 1 amide bonds. The molecular weight excluding hydrogens is 234 g/mol. The number of amides is 1. The molecule has 0 spiro atoms. The Hall–Kier alpha value is -2.09. The second-order valence-corrected chi connectivity index (χ2v) is 4.92.